The molecule has 2 aliphatic rings. The van der Waals surface area contributed by atoms with E-state index in [1.54, 1.807) is 11.1 Å². The average Bonchev–Trinajstić information content (AvgIpc) is 3.05. The first-order valence-corrected chi connectivity index (χ1v) is 6.60. The molecule has 2 fully saturated rings. The van der Waals surface area contributed by atoms with E-state index in [1.807, 2.05) is 0 Å². The first-order valence-electron chi connectivity index (χ1n) is 6.60. The molecule has 0 spiro atoms. The van der Waals surface area contributed by atoms with Crippen LogP contribution in [0.5, 0.6) is 0 Å². The molecule has 1 aliphatic heterocycles. The quantitative estimate of drug-likeness (QED) is 0.797. The van der Waals surface area contributed by atoms with Crippen LogP contribution < -0.4 is 5.32 Å². The maximum absolute atomic E-state index is 3.63. The van der Waals surface area contributed by atoms with Crippen molar-refractivity contribution < 1.29 is 0 Å². The van der Waals surface area contributed by atoms with Crippen LogP contribution in [-0.2, 0) is 0 Å². The van der Waals surface area contributed by atoms with E-state index < -0.39 is 0 Å². The molecule has 1 aliphatic carbocycles. The molecule has 1 heteroatoms. The summed E-state index contributed by atoms with van der Waals surface area (Å²) in [6.07, 6.45) is 4.09. The molecule has 0 radical (unpaired) electrons. The number of hydrogen-bond donors (Lipinski definition) is 1. The molecule has 3 unspecified atom stereocenters. The summed E-state index contributed by atoms with van der Waals surface area (Å²) in [7, 11) is 0. The van der Waals surface area contributed by atoms with E-state index in [1.165, 1.54) is 19.3 Å². The molecule has 0 bridgehead atoms. The van der Waals surface area contributed by atoms with Crippen molar-refractivity contribution in [3.8, 4) is 0 Å². The van der Waals surface area contributed by atoms with E-state index in [0.717, 1.165) is 5.92 Å². The summed E-state index contributed by atoms with van der Waals surface area (Å²) in [5.41, 5.74) is 3.12. The van der Waals surface area contributed by atoms with E-state index in [4.69, 9.17) is 0 Å². The Labute approximate surface area is 98.3 Å². The van der Waals surface area contributed by atoms with Crippen LogP contribution in [0.1, 0.15) is 56.1 Å². The molecule has 1 saturated carbocycles. The van der Waals surface area contributed by atoms with Gasteiger partial charge < -0.3 is 5.32 Å². The average molecular weight is 215 g/mol. The molecular weight excluding hydrogens is 194 g/mol. The fourth-order valence-corrected chi connectivity index (χ4v) is 3.10. The normalized spacial score (nSPS) is 34.2. The van der Waals surface area contributed by atoms with E-state index in [2.05, 4.69) is 43.4 Å². The van der Waals surface area contributed by atoms with E-state index >= 15 is 0 Å². The minimum atomic E-state index is 0.629. The number of benzene rings is 1. The van der Waals surface area contributed by atoms with Crippen LogP contribution in [0.3, 0.4) is 0 Å². The first-order chi connectivity index (χ1) is 7.74. The van der Waals surface area contributed by atoms with Crippen LogP contribution >= 0.6 is 0 Å². The summed E-state index contributed by atoms with van der Waals surface area (Å²) in [6.45, 7) is 4.61. The topological polar surface area (TPSA) is 12.0 Å². The third-order valence-electron chi connectivity index (χ3n) is 4.15. The lowest BCUT2D eigenvalue weighted by atomic mass is 9.90. The van der Waals surface area contributed by atoms with Crippen LogP contribution in [0.2, 0.25) is 0 Å². The predicted octanol–water partition coefficient (Wildman–Crippen LogP) is 3.42. The summed E-state index contributed by atoms with van der Waals surface area (Å²) >= 11 is 0. The highest BCUT2D eigenvalue weighted by Gasteiger charge is 2.30. The minimum absolute atomic E-state index is 0.629. The number of rotatable bonds is 2. The van der Waals surface area contributed by atoms with Gasteiger partial charge in [0.15, 0.2) is 0 Å². The number of nitrogens with one attached hydrogen (secondary N) is 1. The second-order valence-corrected chi connectivity index (χ2v) is 5.64. The van der Waals surface area contributed by atoms with Gasteiger partial charge in [-0.3, -0.25) is 0 Å². The molecule has 1 aromatic rings. The van der Waals surface area contributed by atoms with Crippen molar-refractivity contribution in [2.45, 2.75) is 57.0 Å². The Morgan fingerprint density at radius 2 is 1.88 bits per heavy atom. The molecule has 1 nitrogen and oxygen atoms in total. The van der Waals surface area contributed by atoms with Gasteiger partial charge in [0.25, 0.3) is 0 Å². The van der Waals surface area contributed by atoms with Gasteiger partial charge in [-0.15, -0.1) is 0 Å². The Morgan fingerprint density at radius 1 is 1.12 bits per heavy atom. The van der Waals surface area contributed by atoms with Crippen molar-refractivity contribution in [1.29, 1.82) is 0 Å². The lowest BCUT2D eigenvalue weighted by Gasteiger charge is -2.16. The molecular formula is C15H21N. The monoisotopic (exact) mass is 215 g/mol. The predicted molar refractivity (Wildman–Crippen MR) is 67.8 cm³/mol. The lowest BCUT2D eigenvalue weighted by Crippen LogP contribution is -2.26. The molecule has 1 saturated heterocycles. The van der Waals surface area contributed by atoms with Crippen LogP contribution in [-0.4, -0.2) is 12.1 Å². The Bertz CT molecular complexity index is 381. The van der Waals surface area contributed by atoms with E-state index in [9.17, 15) is 0 Å². The molecule has 1 heterocycles. The molecule has 16 heavy (non-hydrogen) atoms. The van der Waals surface area contributed by atoms with Crippen LogP contribution in [0.25, 0.3) is 0 Å². The highest BCUT2D eigenvalue weighted by Crippen LogP contribution is 2.41. The van der Waals surface area contributed by atoms with E-state index in [0.29, 0.717) is 18.0 Å². The summed E-state index contributed by atoms with van der Waals surface area (Å²) in [5.74, 6) is 1.59. The van der Waals surface area contributed by atoms with Gasteiger partial charge in [-0.05, 0) is 50.2 Å². The van der Waals surface area contributed by atoms with Crippen molar-refractivity contribution in [3.63, 3.8) is 0 Å². The van der Waals surface area contributed by atoms with Gasteiger partial charge in [0.05, 0.1) is 0 Å². The first kappa shape index (κ1) is 10.3. The van der Waals surface area contributed by atoms with Crippen molar-refractivity contribution in [3.05, 3.63) is 35.4 Å². The Hall–Kier alpha value is -0.820. The zero-order valence-corrected chi connectivity index (χ0v) is 10.2. The van der Waals surface area contributed by atoms with Gasteiger partial charge in [-0.2, -0.15) is 0 Å². The van der Waals surface area contributed by atoms with Crippen LogP contribution in [0.15, 0.2) is 24.3 Å². The Balaban J connectivity index is 1.85. The molecule has 3 rings (SSSR count). The summed E-state index contributed by atoms with van der Waals surface area (Å²) in [6, 6.07) is 10.6. The summed E-state index contributed by atoms with van der Waals surface area (Å²) < 4.78 is 0. The maximum Gasteiger partial charge on any atom is 0.0110 e. The van der Waals surface area contributed by atoms with Crippen molar-refractivity contribution >= 4 is 0 Å². The maximum atomic E-state index is 3.63. The minimum Gasteiger partial charge on any atom is -0.311 e. The van der Waals surface area contributed by atoms with Crippen LogP contribution in [0, 0.1) is 0 Å². The molecule has 3 atom stereocenters. The summed E-state index contributed by atoms with van der Waals surface area (Å²) in [4.78, 5) is 0. The standard InChI is InChI=1S/C15H21N/c1-10-8-15(11(2)16-10)14-5-3-4-13(9-14)12-6-7-12/h3-5,9-12,15-16H,6-8H2,1-2H3. The zero-order valence-electron chi connectivity index (χ0n) is 10.2. The zero-order chi connectivity index (χ0) is 11.1. The fraction of sp³-hybridized carbons (Fsp3) is 0.600. The van der Waals surface area contributed by atoms with Crippen LogP contribution in [0.4, 0.5) is 0 Å². The number of hydrogen-bond acceptors (Lipinski definition) is 1. The SMILES string of the molecule is CC1CC(c2cccc(C3CC3)c2)C(C)N1. The Morgan fingerprint density at radius 3 is 2.50 bits per heavy atom. The van der Waals surface area contributed by atoms with Crippen molar-refractivity contribution in [2.75, 3.05) is 0 Å². The smallest absolute Gasteiger partial charge is 0.0110 e. The third kappa shape index (κ3) is 1.89. The molecule has 1 N–H and O–H groups in total. The van der Waals surface area contributed by atoms with Gasteiger partial charge in [0.2, 0.25) is 0 Å². The van der Waals surface area contributed by atoms with Gasteiger partial charge in [0.1, 0.15) is 0 Å². The largest absolute Gasteiger partial charge is 0.311 e. The second-order valence-electron chi connectivity index (χ2n) is 5.64. The second kappa shape index (κ2) is 3.89. The molecule has 0 amide bonds. The highest BCUT2D eigenvalue weighted by atomic mass is 15.0. The van der Waals surface area contributed by atoms with Gasteiger partial charge >= 0.3 is 0 Å². The molecule has 0 aromatic heterocycles. The van der Waals surface area contributed by atoms with Gasteiger partial charge in [0, 0.05) is 18.0 Å². The summed E-state index contributed by atoms with van der Waals surface area (Å²) in [5, 5.41) is 3.63. The Kier molecular flexibility index (Phi) is 2.51. The highest BCUT2D eigenvalue weighted by molar-refractivity contribution is 5.32. The molecule has 1 aromatic carbocycles. The fourth-order valence-electron chi connectivity index (χ4n) is 3.10. The lowest BCUT2D eigenvalue weighted by molar-refractivity contribution is 0.574. The third-order valence-corrected chi connectivity index (χ3v) is 4.15. The van der Waals surface area contributed by atoms with Gasteiger partial charge in [-0.25, -0.2) is 0 Å². The molecule has 86 valence electrons. The van der Waals surface area contributed by atoms with E-state index in [-0.39, 0.29) is 0 Å². The van der Waals surface area contributed by atoms with Crippen molar-refractivity contribution in [1.82, 2.24) is 5.32 Å². The van der Waals surface area contributed by atoms with Crippen molar-refractivity contribution in [2.24, 2.45) is 0 Å². The van der Waals surface area contributed by atoms with Gasteiger partial charge in [-0.1, -0.05) is 24.3 Å².